The average Bonchev–Trinajstić information content (AvgIpc) is 3.09. The lowest BCUT2D eigenvalue weighted by Gasteiger charge is -2.23. The first-order valence-electron chi connectivity index (χ1n) is 10.5. The molecule has 0 saturated carbocycles. The van der Waals surface area contributed by atoms with Crippen LogP contribution in [0.1, 0.15) is 64.0 Å². The minimum atomic E-state index is 0.750. The number of rotatable bonds is 5. The van der Waals surface area contributed by atoms with Crippen LogP contribution in [0.3, 0.4) is 0 Å². The number of aryl methyl sites for hydroxylation is 1. The Morgan fingerprint density at radius 1 is 0.808 bits per heavy atom. The normalized spacial score (nSPS) is 19.2. The Bertz CT molecular complexity index is 918. The third-order valence-electron chi connectivity index (χ3n) is 7.08. The lowest BCUT2D eigenvalue weighted by Crippen LogP contribution is -2.11. The van der Waals surface area contributed by atoms with E-state index in [1.807, 2.05) is 0 Å². The molecule has 0 nitrogen and oxygen atoms in total. The van der Waals surface area contributed by atoms with Gasteiger partial charge in [-0.3, -0.25) is 0 Å². The van der Waals surface area contributed by atoms with Gasteiger partial charge in [0.05, 0.1) is 0 Å². The molecule has 0 radical (unpaired) electrons. The predicted octanol–water partition coefficient (Wildman–Crippen LogP) is 7.73. The van der Waals surface area contributed by atoms with Gasteiger partial charge < -0.3 is 0 Å². The third-order valence-corrected chi connectivity index (χ3v) is 7.08. The fourth-order valence-corrected chi connectivity index (χ4v) is 4.90. The van der Waals surface area contributed by atoms with Gasteiger partial charge >= 0.3 is 0 Å². The summed E-state index contributed by atoms with van der Waals surface area (Å²) in [5.74, 6) is 3.17. The van der Waals surface area contributed by atoms with Crippen LogP contribution >= 0.6 is 0 Å². The summed E-state index contributed by atoms with van der Waals surface area (Å²) in [6, 6.07) is 18.3. The van der Waals surface area contributed by atoms with Gasteiger partial charge in [-0.05, 0) is 75.6 Å². The van der Waals surface area contributed by atoms with Crippen molar-refractivity contribution in [1.82, 2.24) is 0 Å². The summed E-state index contributed by atoms with van der Waals surface area (Å²) < 4.78 is 0. The largest absolute Gasteiger partial charge is 0.0625 e. The van der Waals surface area contributed by atoms with E-state index in [0.29, 0.717) is 0 Å². The molecule has 136 valence electrons. The Hall–Kier alpha value is -1.82. The number of hydrogen-bond donors (Lipinski definition) is 0. The maximum absolute atomic E-state index is 2.48. The van der Waals surface area contributed by atoms with E-state index in [1.165, 1.54) is 47.2 Å². The molecule has 3 atom stereocenters. The van der Waals surface area contributed by atoms with Crippen molar-refractivity contribution in [1.29, 1.82) is 0 Å². The van der Waals surface area contributed by atoms with Crippen molar-refractivity contribution < 1.29 is 0 Å². The molecule has 0 unspecified atom stereocenters. The first kappa shape index (κ1) is 17.6. The van der Waals surface area contributed by atoms with E-state index in [1.54, 1.807) is 11.1 Å². The van der Waals surface area contributed by atoms with Crippen LogP contribution < -0.4 is 0 Å². The molecule has 0 heterocycles. The van der Waals surface area contributed by atoms with Crippen LogP contribution in [0.4, 0.5) is 0 Å². The van der Waals surface area contributed by atoms with Gasteiger partial charge in [0.15, 0.2) is 0 Å². The average molecular weight is 345 g/mol. The Kier molecular flexibility index (Phi) is 4.78. The summed E-state index contributed by atoms with van der Waals surface area (Å²) in [4.78, 5) is 0. The standard InChI is InChI=1S/C26H32/c1-17(2)18(3)9-10-19(4)21-13-14-26-23(21)15-16-24-22-8-6-5-7-20(22)11-12-25(24)26/h5-8,11-12,15-19,21H,9-10,13-14H2,1-4H3/t18-,19+,21+/m0/s1. The fourth-order valence-electron chi connectivity index (χ4n) is 4.90. The van der Waals surface area contributed by atoms with Crippen molar-refractivity contribution in [3.63, 3.8) is 0 Å². The van der Waals surface area contributed by atoms with E-state index >= 15 is 0 Å². The minimum absolute atomic E-state index is 0.750. The van der Waals surface area contributed by atoms with Crippen molar-refractivity contribution in [3.8, 4) is 0 Å². The van der Waals surface area contributed by atoms with Crippen LogP contribution in [0.25, 0.3) is 21.5 Å². The van der Waals surface area contributed by atoms with Gasteiger partial charge in [-0.25, -0.2) is 0 Å². The van der Waals surface area contributed by atoms with Crippen molar-refractivity contribution >= 4 is 21.5 Å². The highest BCUT2D eigenvalue weighted by Gasteiger charge is 2.28. The summed E-state index contributed by atoms with van der Waals surface area (Å²) in [5.41, 5.74) is 3.26. The lowest BCUT2D eigenvalue weighted by molar-refractivity contribution is 0.327. The molecule has 3 aromatic rings. The van der Waals surface area contributed by atoms with Crippen LogP contribution in [-0.4, -0.2) is 0 Å². The lowest BCUT2D eigenvalue weighted by atomic mass is 9.82. The molecule has 0 heteroatoms. The smallest absolute Gasteiger partial charge is 0.0102 e. The van der Waals surface area contributed by atoms with E-state index in [4.69, 9.17) is 0 Å². The summed E-state index contributed by atoms with van der Waals surface area (Å²) in [6.45, 7) is 9.61. The second kappa shape index (κ2) is 7.06. The quantitative estimate of drug-likeness (QED) is 0.415. The van der Waals surface area contributed by atoms with Gasteiger partial charge in [-0.2, -0.15) is 0 Å². The second-order valence-electron chi connectivity index (χ2n) is 8.94. The number of hydrogen-bond acceptors (Lipinski definition) is 0. The summed E-state index contributed by atoms with van der Waals surface area (Å²) >= 11 is 0. The van der Waals surface area contributed by atoms with E-state index < -0.39 is 0 Å². The van der Waals surface area contributed by atoms with Crippen molar-refractivity contribution in [3.05, 3.63) is 59.7 Å². The van der Waals surface area contributed by atoms with E-state index in [9.17, 15) is 0 Å². The van der Waals surface area contributed by atoms with E-state index in [0.717, 1.165) is 23.7 Å². The molecule has 26 heavy (non-hydrogen) atoms. The zero-order valence-electron chi connectivity index (χ0n) is 16.8. The van der Waals surface area contributed by atoms with E-state index in [2.05, 4.69) is 76.2 Å². The van der Waals surface area contributed by atoms with Crippen LogP contribution in [-0.2, 0) is 6.42 Å². The highest BCUT2D eigenvalue weighted by molar-refractivity contribution is 6.08. The maximum atomic E-state index is 2.48. The van der Waals surface area contributed by atoms with Gasteiger partial charge in [0, 0.05) is 0 Å². The molecule has 0 amide bonds. The first-order valence-corrected chi connectivity index (χ1v) is 10.5. The molecule has 0 aliphatic heterocycles. The highest BCUT2D eigenvalue weighted by Crippen LogP contribution is 2.44. The zero-order chi connectivity index (χ0) is 18.3. The van der Waals surface area contributed by atoms with Gasteiger partial charge in [0.2, 0.25) is 0 Å². The highest BCUT2D eigenvalue weighted by atomic mass is 14.3. The number of benzene rings is 3. The molecule has 1 aliphatic rings. The molecule has 0 saturated heterocycles. The molecule has 0 aromatic heterocycles. The van der Waals surface area contributed by atoms with Gasteiger partial charge in [-0.15, -0.1) is 0 Å². The van der Waals surface area contributed by atoms with Crippen molar-refractivity contribution in [2.45, 2.75) is 59.3 Å². The predicted molar refractivity (Wildman–Crippen MR) is 115 cm³/mol. The topological polar surface area (TPSA) is 0 Å². The fraction of sp³-hybridized carbons (Fsp3) is 0.462. The van der Waals surface area contributed by atoms with Crippen LogP contribution in [0, 0.1) is 17.8 Å². The maximum Gasteiger partial charge on any atom is -0.0102 e. The van der Waals surface area contributed by atoms with Crippen LogP contribution in [0.5, 0.6) is 0 Å². The summed E-state index contributed by atoms with van der Waals surface area (Å²) in [7, 11) is 0. The monoisotopic (exact) mass is 344 g/mol. The van der Waals surface area contributed by atoms with Gasteiger partial charge in [-0.1, -0.05) is 82.6 Å². The Morgan fingerprint density at radius 2 is 1.58 bits per heavy atom. The molecule has 3 aromatic carbocycles. The molecule has 0 N–H and O–H groups in total. The molecule has 0 bridgehead atoms. The van der Waals surface area contributed by atoms with Crippen molar-refractivity contribution in [2.75, 3.05) is 0 Å². The Labute approximate surface area is 158 Å². The van der Waals surface area contributed by atoms with Gasteiger partial charge in [0.25, 0.3) is 0 Å². The molecular weight excluding hydrogens is 312 g/mol. The SMILES string of the molecule is CC(C)[C@@H](C)CC[C@@H](C)[C@H]1CCc2c1ccc1c2ccc2ccccc21. The Morgan fingerprint density at radius 3 is 2.38 bits per heavy atom. The molecular formula is C26H32. The molecule has 1 aliphatic carbocycles. The van der Waals surface area contributed by atoms with Crippen LogP contribution in [0.15, 0.2) is 48.5 Å². The number of fused-ring (bicyclic) bond motifs is 5. The molecule has 0 fully saturated rings. The van der Waals surface area contributed by atoms with Crippen molar-refractivity contribution in [2.24, 2.45) is 17.8 Å². The summed E-state index contributed by atoms with van der Waals surface area (Å²) in [5, 5.41) is 5.68. The third kappa shape index (κ3) is 3.04. The summed E-state index contributed by atoms with van der Waals surface area (Å²) in [6.07, 6.45) is 5.31. The second-order valence-corrected chi connectivity index (χ2v) is 8.94. The minimum Gasteiger partial charge on any atom is -0.0625 e. The first-order chi connectivity index (χ1) is 12.6. The van der Waals surface area contributed by atoms with E-state index in [-0.39, 0.29) is 0 Å². The molecule has 0 spiro atoms. The van der Waals surface area contributed by atoms with Gasteiger partial charge in [0.1, 0.15) is 0 Å². The Balaban J connectivity index is 1.65. The molecule has 4 rings (SSSR count). The van der Waals surface area contributed by atoms with Crippen LogP contribution in [0.2, 0.25) is 0 Å². The zero-order valence-corrected chi connectivity index (χ0v) is 16.8.